The van der Waals surface area contributed by atoms with E-state index in [0.717, 1.165) is 11.1 Å². The predicted octanol–water partition coefficient (Wildman–Crippen LogP) is 2.43. The van der Waals surface area contributed by atoms with E-state index in [2.05, 4.69) is 9.97 Å². The molecule has 1 N–H and O–H groups in total. The summed E-state index contributed by atoms with van der Waals surface area (Å²) in [7, 11) is 1.75. The van der Waals surface area contributed by atoms with Crippen molar-refractivity contribution in [2.24, 2.45) is 5.92 Å². The fraction of sp³-hybridized carbons (Fsp3) is 0.440. The van der Waals surface area contributed by atoms with Crippen molar-refractivity contribution in [1.29, 1.82) is 0 Å². The fourth-order valence-electron chi connectivity index (χ4n) is 3.80. The quantitative estimate of drug-likeness (QED) is 0.693. The number of carbonyl (C=O) groups excluding carboxylic acids is 2. The Balaban J connectivity index is 1.87. The molecule has 0 spiro atoms. The van der Waals surface area contributed by atoms with Gasteiger partial charge in [-0.1, -0.05) is 25.1 Å². The molecule has 2 amide bonds. The van der Waals surface area contributed by atoms with Crippen LogP contribution in [0.2, 0.25) is 0 Å². The normalized spacial score (nSPS) is 19.4. The highest BCUT2D eigenvalue weighted by Crippen LogP contribution is 2.27. The number of hydrogen-bond acceptors (Lipinski definition) is 6. The van der Waals surface area contributed by atoms with Gasteiger partial charge in [0.15, 0.2) is 0 Å². The van der Waals surface area contributed by atoms with E-state index in [4.69, 9.17) is 4.74 Å². The molecule has 8 heteroatoms. The summed E-state index contributed by atoms with van der Waals surface area (Å²) in [5, 5.41) is 9.75. The van der Waals surface area contributed by atoms with Crippen LogP contribution in [0.5, 0.6) is 5.88 Å². The predicted molar refractivity (Wildman–Crippen MR) is 126 cm³/mol. The highest BCUT2D eigenvalue weighted by Gasteiger charge is 2.34. The summed E-state index contributed by atoms with van der Waals surface area (Å²) in [4.78, 5) is 37.9. The Morgan fingerprint density at radius 1 is 1.42 bits per heavy atom. The molecule has 1 aliphatic rings. The molecular weight excluding hydrogens is 420 g/mol. The van der Waals surface area contributed by atoms with Crippen LogP contribution < -0.4 is 4.74 Å². The molecule has 0 radical (unpaired) electrons. The second-order valence-electron chi connectivity index (χ2n) is 8.56. The third-order valence-electron chi connectivity index (χ3n) is 5.86. The highest BCUT2D eigenvalue weighted by molar-refractivity contribution is 5.97. The molecule has 8 nitrogen and oxygen atoms in total. The minimum atomic E-state index is -0.381. The molecule has 0 saturated heterocycles. The van der Waals surface area contributed by atoms with Crippen molar-refractivity contribution in [2.45, 2.75) is 39.3 Å². The van der Waals surface area contributed by atoms with Gasteiger partial charge in [0.25, 0.3) is 5.91 Å². The van der Waals surface area contributed by atoms with Crippen LogP contribution in [0.1, 0.15) is 42.3 Å². The standard InChI is InChI=1S/C25H32N4O4/c1-5-7-19-10-21-24(27-13-19)33-22(17(2)14-29(25(21)32)18(3)16-30)15-28(4)23(31)11-20-8-6-9-26-12-20/h5-10,12-13,17-18,22,30H,11,14-16H2,1-4H3/b7-5+/t17-,18-,22-/m1/s1. The Kier molecular flexibility index (Phi) is 8.16. The summed E-state index contributed by atoms with van der Waals surface area (Å²) >= 11 is 0. The van der Waals surface area contributed by atoms with E-state index in [-0.39, 0.29) is 48.8 Å². The number of fused-ring (bicyclic) bond motifs is 1. The van der Waals surface area contributed by atoms with E-state index in [1.807, 2.05) is 39.0 Å². The van der Waals surface area contributed by atoms with E-state index >= 15 is 0 Å². The zero-order chi connectivity index (χ0) is 24.0. The number of aliphatic hydroxyl groups is 1. The van der Waals surface area contributed by atoms with Crippen molar-refractivity contribution in [3.8, 4) is 5.88 Å². The first kappa shape index (κ1) is 24.4. The molecule has 2 aromatic rings. The molecule has 0 bridgehead atoms. The van der Waals surface area contributed by atoms with Gasteiger partial charge in [-0.2, -0.15) is 0 Å². The molecule has 3 heterocycles. The van der Waals surface area contributed by atoms with Crippen molar-refractivity contribution in [2.75, 3.05) is 26.7 Å². The van der Waals surface area contributed by atoms with Gasteiger partial charge >= 0.3 is 0 Å². The maximum Gasteiger partial charge on any atom is 0.259 e. The van der Waals surface area contributed by atoms with Gasteiger partial charge in [0, 0.05) is 38.1 Å². The summed E-state index contributed by atoms with van der Waals surface area (Å²) < 4.78 is 6.23. The van der Waals surface area contributed by atoms with Gasteiger partial charge in [-0.3, -0.25) is 14.6 Å². The van der Waals surface area contributed by atoms with Gasteiger partial charge in [0.2, 0.25) is 11.8 Å². The summed E-state index contributed by atoms with van der Waals surface area (Å²) in [5.74, 6) is -0.124. The zero-order valence-corrected chi connectivity index (χ0v) is 19.6. The molecular formula is C25H32N4O4. The van der Waals surface area contributed by atoms with Crippen LogP contribution in [0.15, 0.2) is 42.9 Å². The monoisotopic (exact) mass is 452 g/mol. The molecule has 3 rings (SSSR count). The maximum absolute atomic E-state index is 13.3. The molecule has 0 aromatic carbocycles. The van der Waals surface area contributed by atoms with E-state index in [1.165, 1.54) is 0 Å². The van der Waals surface area contributed by atoms with Gasteiger partial charge in [-0.25, -0.2) is 4.98 Å². The highest BCUT2D eigenvalue weighted by atomic mass is 16.5. The lowest BCUT2D eigenvalue weighted by Crippen LogP contribution is -2.50. The number of nitrogens with zero attached hydrogens (tertiary/aromatic N) is 4. The van der Waals surface area contributed by atoms with Gasteiger partial charge < -0.3 is 19.6 Å². The number of amides is 2. The largest absolute Gasteiger partial charge is 0.472 e. The zero-order valence-electron chi connectivity index (χ0n) is 19.6. The Morgan fingerprint density at radius 3 is 2.88 bits per heavy atom. The van der Waals surface area contributed by atoms with Crippen LogP contribution in [0.4, 0.5) is 0 Å². The average Bonchev–Trinajstić information content (AvgIpc) is 2.82. The average molecular weight is 453 g/mol. The van der Waals surface area contributed by atoms with E-state index in [9.17, 15) is 14.7 Å². The summed E-state index contributed by atoms with van der Waals surface area (Å²) in [6.07, 6.45) is 8.63. The molecule has 33 heavy (non-hydrogen) atoms. The first-order valence-electron chi connectivity index (χ1n) is 11.2. The topological polar surface area (TPSA) is 95.9 Å². The van der Waals surface area contributed by atoms with Crippen molar-refractivity contribution >= 4 is 17.9 Å². The number of ether oxygens (including phenoxy) is 1. The lowest BCUT2D eigenvalue weighted by molar-refractivity contribution is -0.130. The smallest absolute Gasteiger partial charge is 0.259 e. The van der Waals surface area contributed by atoms with Gasteiger partial charge in [0.1, 0.15) is 11.7 Å². The molecule has 0 fully saturated rings. The maximum atomic E-state index is 13.3. The number of aliphatic hydroxyl groups excluding tert-OH is 1. The van der Waals surface area contributed by atoms with Crippen LogP contribution in [0.3, 0.4) is 0 Å². The van der Waals surface area contributed by atoms with Crippen LogP contribution in [-0.2, 0) is 11.2 Å². The van der Waals surface area contributed by atoms with Crippen molar-refractivity contribution in [3.63, 3.8) is 0 Å². The Hall–Kier alpha value is -3.26. The van der Waals surface area contributed by atoms with Crippen LogP contribution in [-0.4, -0.2) is 75.6 Å². The number of likely N-dealkylation sites (N-methyl/N-ethyl adjacent to an activating group) is 1. The SMILES string of the molecule is C/C=C/c1cnc2c(c1)C(=O)N([C@H](C)CO)C[C@@H](C)[C@@H](CN(C)C(=O)Cc1cccnc1)O2. The van der Waals surface area contributed by atoms with Gasteiger partial charge in [-0.05, 0) is 37.1 Å². The number of rotatable bonds is 7. The summed E-state index contributed by atoms with van der Waals surface area (Å²) in [5.41, 5.74) is 1.99. The molecule has 3 atom stereocenters. The third kappa shape index (κ3) is 5.96. The van der Waals surface area contributed by atoms with Crippen LogP contribution in [0, 0.1) is 5.92 Å². The van der Waals surface area contributed by atoms with Crippen LogP contribution >= 0.6 is 0 Å². The summed E-state index contributed by atoms with van der Waals surface area (Å²) in [6, 6.07) is 5.07. The van der Waals surface area contributed by atoms with Crippen molar-refractivity contribution in [1.82, 2.24) is 19.8 Å². The minimum absolute atomic E-state index is 0.0471. The second kappa shape index (κ2) is 11.0. The van der Waals surface area contributed by atoms with Gasteiger partial charge in [-0.15, -0.1) is 0 Å². The number of pyridine rings is 2. The molecule has 0 saturated carbocycles. The second-order valence-corrected chi connectivity index (χ2v) is 8.56. The van der Waals surface area contributed by atoms with Crippen molar-refractivity contribution < 1.29 is 19.4 Å². The lowest BCUT2D eigenvalue weighted by atomic mass is 9.99. The number of carbonyl (C=O) groups is 2. The first-order chi connectivity index (χ1) is 15.8. The third-order valence-corrected chi connectivity index (χ3v) is 5.86. The van der Waals surface area contributed by atoms with E-state index in [1.54, 1.807) is 47.6 Å². The molecule has 0 unspecified atom stereocenters. The number of allylic oxidation sites excluding steroid dienone is 1. The molecule has 0 aliphatic carbocycles. The number of hydrogen-bond donors (Lipinski definition) is 1. The Labute approximate surface area is 194 Å². The summed E-state index contributed by atoms with van der Waals surface area (Å²) in [6.45, 7) is 6.27. The fourth-order valence-corrected chi connectivity index (χ4v) is 3.80. The van der Waals surface area contributed by atoms with E-state index < -0.39 is 0 Å². The lowest BCUT2D eigenvalue weighted by Gasteiger charge is -2.37. The number of aromatic nitrogens is 2. The minimum Gasteiger partial charge on any atom is -0.472 e. The molecule has 176 valence electrons. The first-order valence-corrected chi connectivity index (χ1v) is 11.2. The molecule has 1 aliphatic heterocycles. The van der Waals surface area contributed by atoms with Gasteiger partial charge in [0.05, 0.1) is 25.6 Å². The van der Waals surface area contributed by atoms with E-state index in [0.29, 0.717) is 18.7 Å². The van der Waals surface area contributed by atoms with Crippen molar-refractivity contribution in [3.05, 3.63) is 59.6 Å². The Bertz CT molecular complexity index is 995. The molecule has 2 aromatic heterocycles. The Morgan fingerprint density at radius 2 is 2.21 bits per heavy atom. The van der Waals surface area contributed by atoms with Crippen LogP contribution in [0.25, 0.3) is 6.08 Å².